The zero-order chi connectivity index (χ0) is 27.1. The molecule has 2 aromatic carbocycles. The van der Waals surface area contributed by atoms with E-state index in [4.69, 9.17) is 5.73 Å². The first kappa shape index (κ1) is 25.8. The lowest BCUT2D eigenvalue weighted by Gasteiger charge is -2.25. The third kappa shape index (κ3) is 5.60. The molecule has 0 unspecified atom stereocenters. The molecular weight excluding hydrogens is 499 g/mol. The minimum Gasteiger partial charge on any atom is -0.383 e. The van der Waals surface area contributed by atoms with Crippen LogP contribution in [0.2, 0.25) is 0 Å². The molecule has 3 aromatic rings. The van der Waals surface area contributed by atoms with Crippen molar-refractivity contribution in [3.8, 4) is 0 Å². The van der Waals surface area contributed by atoms with Gasteiger partial charge in [0.15, 0.2) is 0 Å². The van der Waals surface area contributed by atoms with Gasteiger partial charge in [0.05, 0.1) is 24.2 Å². The molecule has 0 spiro atoms. The van der Waals surface area contributed by atoms with E-state index in [9.17, 15) is 31.5 Å². The summed E-state index contributed by atoms with van der Waals surface area (Å²) >= 11 is 0. The number of urea groups is 1. The Bertz CT molecular complexity index is 1360. The van der Waals surface area contributed by atoms with Crippen molar-refractivity contribution in [2.24, 2.45) is 0 Å². The van der Waals surface area contributed by atoms with Gasteiger partial charge in [-0.2, -0.15) is 18.2 Å². The van der Waals surface area contributed by atoms with Gasteiger partial charge in [-0.3, -0.25) is 9.69 Å². The molecule has 2 heterocycles. The van der Waals surface area contributed by atoms with Gasteiger partial charge in [-0.25, -0.2) is 18.6 Å². The van der Waals surface area contributed by atoms with Gasteiger partial charge in [-0.05, 0) is 49.7 Å². The van der Waals surface area contributed by atoms with Crippen molar-refractivity contribution < 1.29 is 31.5 Å². The van der Waals surface area contributed by atoms with Gasteiger partial charge in [0, 0.05) is 18.0 Å². The second-order valence-corrected chi connectivity index (χ2v) is 9.09. The highest BCUT2D eigenvalue weighted by Gasteiger charge is 2.37. The van der Waals surface area contributed by atoms with E-state index in [0.717, 1.165) is 41.4 Å². The van der Waals surface area contributed by atoms with Gasteiger partial charge in [0.1, 0.15) is 23.0 Å². The summed E-state index contributed by atoms with van der Waals surface area (Å²) in [7, 11) is 0. The molecule has 13 heteroatoms. The molecule has 0 aliphatic carbocycles. The van der Waals surface area contributed by atoms with E-state index in [1.165, 1.54) is 11.0 Å². The molecule has 8 nitrogen and oxygen atoms in total. The van der Waals surface area contributed by atoms with Crippen molar-refractivity contribution in [2.45, 2.75) is 32.1 Å². The number of halogens is 5. The van der Waals surface area contributed by atoms with E-state index in [2.05, 4.69) is 15.3 Å². The van der Waals surface area contributed by atoms with Crippen LogP contribution in [0.15, 0.2) is 48.7 Å². The first-order chi connectivity index (χ1) is 17.2. The number of nitrogens with zero attached hydrogens (tertiary/aromatic N) is 4. The lowest BCUT2D eigenvalue weighted by molar-refractivity contribution is -0.137. The number of hydrogen-bond donors (Lipinski definition) is 2. The van der Waals surface area contributed by atoms with E-state index in [1.54, 1.807) is 13.8 Å². The van der Waals surface area contributed by atoms with Crippen molar-refractivity contribution in [1.82, 2.24) is 15.3 Å². The molecule has 1 saturated heterocycles. The summed E-state index contributed by atoms with van der Waals surface area (Å²) in [5, 5.41) is 2.73. The molecule has 194 valence electrons. The summed E-state index contributed by atoms with van der Waals surface area (Å²) in [4.78, 5) is 36.0. The van der Waals surface area contributed by atoms with Crippen LogP contribution >= 0.6 is 0 Å². The minimum absolute atomic E-state index is 0.0182. The maximum Gasteiger partial charge on any atom is 0.416 e. The number of carbonyl (C=O) groups is 2. The molecule has 37 heavy (non-hydrogen) atoms. The van der Waals surface area contributed by atoms with Crippen molar-refractivity contribution in [3.05, 3.63) is 77.0 Å². The van der Waals surface area contributed by atoms with Crippen LogP contribution in [0.3, 0.4) is 0 Å². The topological polar surface area (TPSA) is 104 Å². The first-order valence-electron chi connectivity index (χ1n) is 10.9. The van der Waals surface area contributed by atoms with Crippen LogP contribution in [0.25, 0.3) is 0 Å². The van der Waals surface area contributed by atoms with Crippen LogP contribution in [0.5, 0.6) is 0 Å². The molecule has 3 N–H and O–H groups in total. The molecule has 1 aromatic heterocycles. The van der Waals surface area contributed by atoms with Gasteiger partial charge in [0.2, 0.25) is 5.95 Å². The van der Waals surface area contributed by atoms with Gasteiger partial charge in [0.25, 0.3) is 5.91 Å². The number of amides is 3. The number of aromatic nitrogens is 2. The number of nitrogens with two attached hydrogens (primary N) is 1. The fourth-order valence-corrected chi connectivity index (χ4v) is 3.87. The molecule has 1 fully saturated rings. The maximum absolute atomic E-state index is 13.8. The number of carbonyl (C=O) groups excluding carboxylic acids is 2. The lowest BCUT2D eigenvalue weighted by Crippen LogP contribution is -2.36. The number of rotatable bonds is 5. The fourth-order valence-electron chi connectivity index (χ4n) is 3.87. The van der Waals surface area contributed by atoms with Crippen LogP contribution < -0.4 is 20.9 Å². The molecule has 1 aliphatic heterocycles. The highest BCUT2D eigenvalue weighted by atomic mass is 19.4. The Kier molecular flexibility index (Phi) is 6.48. The van der Waals surface area contributed by atoms with Gasteiger partial charge >= 0.3 is 12.2 Å². The van der Waals surface area contributed by atoms with Gasteiger partial charge in [-0.1, -0.05) is 6.07 Å². The monoisotopic (exact) mass is 520 g/mol. The van der Waals surface area contributed by atoms with Crippen molar-refractivity contribution in [3.63, 3.8) is 0 Å². The highest BCUT2D eigenvalue weighted by molar-refractivity contribution is 6.08. The summed E-state index contributed by atoms with van der Waals surface area (Å²) in [5.74, 6) is -3.18. The zero-order valence-corrected chi connectivity index (χ0v) is 19.6. The summed E-state index contributed by atoms with van der Waals surface area (Å²) in [5.41, 5.74) is 3.91. The number of hydrogen-bond acceptors (Lipinski definition) is 5. The molecule has 0 saturated carbocycles. The molecule has 0 radical (unpaired) electrons. The number of alkyl halides is 3. The molecule has 4 rings (SSSR count). The summed E-state index contributed by atoms with van der Waals surface area (Å²) in [6, 6.07) is 5.95. The second-order valence-electron chi connectivity index (χ2n) is 9.09. The van der Waals surface area contributed by atoms with E-state index in [0.29, 0.717) is 6.07 Å². The van der Waals surface area contributed by atoms with Crippen molar-refractivity contribution in [2.75, 3.05) is 22.1 Å². The third-order valence-corrected chi connectivity index (χ3v) is 5.51. The average Bonchev–Trinajstić information content (AvgIpc) is 3.08. The van der Waals surface area contributed by atoms with Crippen molar-refractivity contribution >= 4 is 29.4 Å². The summed E-state index contributed by atoms with van der Waals surface area (Å²) in [6.07, 6.45) is -3.66. The standard InChI is InChI=1S/C24H21F5N6O2/c1-23(2)12-35(22(37)33-23)21-31-10-18(19(30)32-21)20(36)34(11-13-6-15(25)9-16(26)7-13)17-5-3-4-14(8-17)24(27,28)29/h3-10H,11-12H2,1-2H3,(H,33,37)(H2,30,31,32). The zero-order valence-electron chi connectivity index (χ0n) is 19.6. The van der Waals surface area contributed by atoms with E-state index >= 15 is 0 Å². The number of nitrogens with one attached hydrogen (secondary N) is 1. The number of nitrogen functional groups attached to an aromatic ring is 1. The maximum atomic E-state index is 13.8. The molecular formula is C24H21F5N6O2. The average molecular weight is 520 g/mol. The van der Waals surface area contributed by atoms with Crippen LogP contribution in [0.1, 0.15) is 35.3 Å². The van der Waals surface area contributed by atoms with Crippen molar-refractivity contribution in [1.29, 1.82) is 0 Å². The number of benzene rings is 2. The van der Waals surface area contributed by atoms with E-state index < -0.39 is 47.4 Å². The van der Waals surface area contributed by atoms with Crippen LogP contribution in [0.4, 0.5) is 44.2 Å². The predicted molar refractivity (Wildman–Crippen MR) is 125 cm³/mol. The Balaban J connectivity index is 1.73. The first-order valence-corrected chi connectivity index (χ1v) is 10.9. The van der Waals surface area contributed by atoms with E-state index in [1.807, 2.05) is 0 Å². The Morgan fingerprint density at radius 3 is 2.41 bits per heavy atom. The second kappa shape index (κ2) is 9.30. The highest BCUT2D eigenvalue weighted by Crippen LogP contribution is 2.33. The third-order valence-electron chi connectivity index (χ3n) is 5.51. The van der Waals surface area contributed by atoms with E-state index in [-0.39, 0.29) is 35.1 Å². The number of anilines is 3. The molecule has 3 amide bonds. The largest absolute Gasteiger partial charge is 0.416 e. The molecule has 0 bridgehead atoms. The van der Waals surface area contributed by atoms with Crippen LogP contribution in [0, 0.1) is 11.6 Å². The SMILES string of the molecule is CC1(C)CN(c2ncc(C(=O)N(Cc3cc(F)cc(F)c3)c3cccc(C(F)(F)F)c3)c(N)n2)C(=O)N1. The van der Waals surface area contributed by atoms with Gasteiger partial charge in [-0.15, -0.1) is 0 Å². The molecule has 1 aliphatic rings. The Hall–Kier alpha value is -4.29. The van der Waals surface area contributed by atoms with Gasteiger partial charge < -0.3 is 16.0 Å². The lowest BCUT2D eigenvalue weighted by atomic mass is 10.1. The Morgan fingerprint density at radius 2 is 1.84 bits per heavy atom. The summed E-state index contributed by atoms with van der Waals surface area (Å²) in [6.45, 7) is 3.31. The summed E-state index contributed by atoms with van der Waals surface area (Å²) < 4.78 is 67.6. The quantitative estimate of drug-likeness (QED) is 0.482. The van der Waals surface area contributed by atoms with Crippen LogP contribution in [-0.4, -0.2) is 34.0 Å². The van der Waals surface area contributed by atoms with Crippen LogP contribution in [-0.2, 0) is 12.7 Å². The normalized spacial score (nSPS) is 15.0. The Labute approximate surface area is 207 Å². The Morgan fingerprint density at radius 1 is 1.16 bits per heavy atom. The fraction of sp³-hybridized carbons (Fsp3) is 0.250. The predicted octanol–water partition coefficient (Wildman–Crippen LogP) is 4.51. The smallest absolute Gasteiger partial charge is 0.383 e. The minimum atomic E-state index is -4.70. The molecule has 0 atom stereocenters.